The van der Waals surface area contributed by atoms with Crippen LogP contribution in [0.5, 0.6) is 0 Å². The van der Waals surface area contributed by atoms with E-state index in [0.717, 1.165) is 22.4 Å². The molecular formula is C17H14N4. The third kappa shape index (κ3) is 2.67. The minimum atomic E-state index is 0.411. The van der Waals surface area contributed by atoms with E-state index >= 15 is 0 Å². The van der Waals surface area contributed by atoms with Gasteiger partial charge in [-0.2, -0.15) is 5.26 Å². The van der Waals surface area contributed by atoms with Crippen LogP contribution in [0, 0.1) is 11.3 Å². The van der Waals surface area contributed by atoms with E-state index in [9.17, 15) is 0 Å². The van der Waals surface area contributed by atoms with Gasteiger partial charge in [-0.3, -0.25) is 0 Å². The van der Waals surface area contributed by atoms with Crippen molar-refractivity contribution in [2.45, 2.75) is 13.3 Å². The normalized spacial score (nSPS) is 13.5. The first-order valence-corrected chi connectivity index (χ1v) is 6.66. The van der Waals surface area contributed by atoms with E-state index in [1.807, 2.05) is 30.3 Å². The number of nitrogens with two attached hydrogens (primary N) is 1. The second kappa shape index (κ2) is 5.22. The van der Waals surface area contributed by atoms with Gasteiger partial charge in [0.1, 0.15) is 17.6 Å². The second-order valence-electron chi connectivity index (χ2n) is 5.09. The second-order valence-corrected chi connectivity index (χ2v) is 5.09. The Morgan fingerprint density at radius 3 is 2.71 bits per heavy atom. The van der Waals surface area contributed by atoms with Crippen LogP contribution in [-0.2, 0) is 0 Å². The molecule has 0 saturated carbocycles. The minimum Gasteiger partial charge on any atom is -0.387 e. The highest BCUT2D eigenvalue weighted by Gasteiger charge is 2.09. The molecule has 1 aliphatic heterocycles. The van der Waals surface area contributed by atoms with Gasteiger partial charge < -0.3 is 5.73 Å². The highest BCUT2D eigenvalue weighted by Crippen LogP contribution is 2.31. The van der Waals surface area contributed by atoms with Crippen molar-refractivity contribution in [3.05, 3.63) is 53.4 Å². The zero-order valence-electron chi connectivity index (χ0n) is 11.7. The lowest BCUT2D eigenvalue weighted by Gasteiger charge is -2.05. The Bertz CT molecular complexity index is 793. The molecule has 4 nitrogen and oxygen atoms in total. The van der Waals surface area contributed by atoms with Crippen molar-refractivity contribution in [2.24, 2.45) is 10.7 Å². The summed E-state index contributed by atoms with van der Waals surface area (Å²) in [6.07, 6.45) is 4.51. The number of benzene rings is 1. The van der Waals surface area contributed by atoms with Crippen molar-refractivity contribution in [1.29, 1.82) is 5.26 Å². The summed E-state index contributed by atoms with van der Waals surface area (Å²) in [4.78, 5) is 8.58. The summed E-state index contributed by atoms with van der Waals surface area (Å²) in [6, 6.07) is 11.7. The van der Waals surface area contributed by atoms with Crippen molar-refractivity contribution in [1.82, 2.24) is 4.98 Å². The number of pyridine rings is 1. The molecule has 0 atom stereocenters. The quantitative estimate of drug-likeness (QED) is 0.865. The SMILES string of the molecule is CC1=Cc2ccc(-c3ccc(C#N)nc3)cc2N=C(N)C1. The average molecular weight is 274 g/mol. The summed E-state index contributed by atoms with van der Waals surface area (Å²) in [5.41, 5.74) is 11.4. The van der Waals surface area contributed by atoms with Gasteiger partial charge in [0.15, 0.2) is 0 Å². The van der Waals surface area contributed by atoms with E-state index < -0.39 is 0 Å². The number of fused-ring (bicyclic) bond motifs is 1. The Hall–Kier alpha value is -2.93. The molecule has 102 valence electrons. The number of nitrogens with zero attached hydrogens (tertiary/aromatic N) is 3. The van der Waals surface area contributed by atoms with E-state index in [4.69, 9.17) is 11.0 Å². The van der Waals surface area contributed by atoms with Crippen LogP contribution in [0.1, 0.15) is 24.6 Å². The van der Waals surface area contributed by atoms with Crippen LogP contribution in [0.25, 0.3) is 17.2 Å². The van der Waals surface area contributed by atoms with Gasteiger partial charge in [-0.1, -0.05) is 23.8 Å². The molecule has 21 heavy (non-hydrogen) atoms. The number of hydrogen-bond donors (Lipinski definition) is 1. The first-order chi connectivity index (χ1) is 10.2. The fourth-order valence-corrected chi connectivity index (χ4v) is 2.37. The predicted octanol–water partition coefficient (Wildman–Crippen LogP) is 3.42. The number of nitriles is 1. The van der Waals surface area contributed by atoms with E-state index in [2.05, 4.69) is 23.0 Å². The zero-order valence-corrected chi connectivity index (χ0v) is 11.7. The molecule has 1 aliphatic rings. The van der Waals surface area contributed by atoms with Crippen LogP contribution < -0.4 is 5.73 Å². The maximum atomic E-state index is 8.79. The van der Waals surface area contributed by atoms with Gasteiger partial charge in [0.25, 0.3) is 0 Å². The molecule has 0 bridgehead atoms. The first-order valence-electron chi connectivity index (χ1n) is 6.66. The maximum Gasteiger partial charge on any atom is 0.140 e. The fourth-order valence-electron chi connectivity index (χ4n) is 2.37. The first kappa shape index (κ1) is 13.1. The predicted molar refractivity (Wildman–Crippen MR) is 83.9 cm³/mol. The number of aromatic nitrogens is 1. The topological polar surface area (TPSA) is 75.1 Å². The summed E-state index contributed by atoms with van der Waals surface area (Å²) in [7, 11) is 0. The molecule has 4 heteroatoms. The number of amidine groups is 1. The van der Waals surface area contributed by atoms with Gasteiger partial charge in [0, 0.05) is 23.7 Å². The average Bonchev–Trinajstić information content (AvgIpc) is 2.63. The molecule has 0 unspecified atom stereocenters. The summed E-state index contributed by atoms with van der Waals surface area (Å²) in [5.74, 6) is 0.623. The number of rotatable bonds is 1. The molecule has 0 amide bonds. The third-order valence-electron chi connectivity index (χ3n) is 3.37. The summed E-state index contributed by atoms with van der Waals surface area (Å²) in [6.45, 7) is 2.05. The fraction of sp³-hybridized carbons (Fsp3) is 0.118. The Morgan fingerprint density at radius 2 is 2.00 bits per heavy atom. The molecule has 1 aromatic heterocycles. The van der Waals surface area contributed by atoms with Gasteiger partial charge in [-0.05, 0) is 30.7 Å². The lowest BCUT2D eigenvalue weighted by molar-refractivity contribution is 1.25. The maximum absolute atomic E-state index is 8.79. The lowest BCUT2D eigenvalue weighted by Crippen LogP contribution is -2.10. The molecule has 2 heterocycles. The molecule has 0 aliphatic carbocycles. The molecule has 2 aromatic rings. The van der Waals surface area contributed by atoms with Crippen molar-refractivity contribution in [2.75, 3.05) is 0 Å². The number of hydrogen-bond acceptors (Lipinski definition) is 4. The lowest BCUT2D eigenvalue weighted by atomic mass is 10.0. The Morgan fingerprint density at radius 1 is 1.19 bits per heavy atom. The smallest absolute Gasteiger partial charge is 0.140 e. The van der Waals surface area contributed by atoms with Gasteiger partial charge in [-0.15, -0.1) is 0 Å². The zero-order chi connectivity index (χ0) is 14.8. The van der Waals surface area contributed by atoms with Crippen LogP contribution in [0.2, 0.25) is 0 Å². The molecule has 1 aromatic carbocycles. The van der Waals surface area contributed by atoms with Crippen LogP contribution in [0.3, 0.4) is 0 Å². The van der Waals surface area contributed by atoms with E-state index in [0.29, 0.717) is 18.0 Å². The van der Waals surface area contributed by atoms with Crippen molar-refractivity contribution in [3.63, 3.8) is 0 Å². The van der Waals surface area contributed by atoms with Gasteiger partial charge in [0.2, 0.25) is 0 Å². The van der Waals surface area contributed by atoms with Crippen molar-refractivity contribution in [3.8, 4) is 17.2 Å². The van der Waals surface area contributed by atoms with Crippen LogP contribution in [0.4, 0.5) is 5.69 Å². The molecule has 3 rings (SSSR count). The summed E-state index contributed by atoms with van der Waals surface area (Å²) < 4.78 is 0. The molecule has 2 N–H and O–H groups in total. The molecule has 0 spiro atoms. The Kier molecular flexibility index (Phi) is 3.25. The Labute approximate surface area is 123 Å². The van der Waals surface area contributed by atoms with E-state index in [-0.39, 0.29) is 0 Å². The highest BCUT2D eigenvalue weighted by atomic mass is 14.9. The summed E-state index contributed by atoms with van der Waals surface area (Å²) in [5, 5.41) is 8.79. The van der Waals surface area contributed by atoms with E-state index in [1.165, 1.54) is 5.57 Å². The van der Waals surface area contributed by atoms with Crippen LogP contribution in [0.15, 0.2) is 47.1 Å². The molecule has 0 saturated heterocycles. The summed E-state index contributed by atoms with van der Waals surface area (Å²) >= 11 is 0. The monoisotopic (exact) mass is 274 g/mol. The molecular weight excluding hydrogens is 260 g/mol. The standard InChI is InChI=1S/C17H14N4/c1-11-6-13-3-2-12(8-16(13)21-17(19)7-11)14-4-5-15(9-18)20-10-14/h2-6,8,10H,7H2,1H3,(H2,19,21). The van der Waals surface area contributed by atoms with Gasteiger partial charge in [0.05, 0.1) is 5.69 Å². The third-order valence-corrected chi connectivity index (χ3v) is 3.37. The number of aliphatic imine (C=N–C) groups is 1. The van der Waals surface area contributed by atoms with Crippen molar-refractivity contribution >= 4 is 17.6 Å². The molecule has 0 radical (unpaired) electrons. The highest BCUT2D eigenvalue weighted by molar-refractivity contribution is 5.90. The van der Waals surface area contributed by atoms with Crippen LogP contribution >= 0.6 is 0 Å². The van der Waals surface area contributed by atoms with Gasteiger partial charge in [-0.25, -0.2) is 9.98 Å². The van der Waals surface area contributed by atoms with Gasteiger partial charge >= 0.3 is 0 Å². The van der Waals surface area contributed by atoms with E-state index in [1.54, 1.807) is 12.3 Å². The largest absolute Gasteiger partial charge is 0.387 e. The van der Waals surface area contributed by atoms with Crippen LogP contribution in [-0.4, -0.2) is 10.8 Å². The molecule has 0 fully saturated rings. The minimum absolute atomic E-state index is 0.411. The van der Waals surface area contributed by atoms with Crippen molar-refractivity contribution < 1.29 is 0 Å². The Balaban J connectivity index is 2.07.